The van der Waals surface area contributed by atoms with E-state index in [1.54, 1.807) is 0 Å². The summed E-state index contributed by atoms with van der Waals surface area (Å²) in [5.74, 6) is 1.50. The van der Waals surface area contributed by atoms with Gasteiger partial charge in [0.15, 0.2) is 0 Å². The van der Waals surface area contributed by atoms with Crippen LogP contribution >= 0.6 is 0 Å². The van der Waals surface area contributed by atoms with Gasteiger partial charge in [-0.3, -0.25) is 0 Å². The van der Waals surface area contributed by atoms with E-state index in [1.165, 1.54) is 25.7 Å². The van der Waals surface area contributed by atoms with Crippen molar-refractivity contribution in [3.63, 3.8) is 0 Å². The lowest BCUT2D eigenvalue weighted by atomic mass is 9.77. The van der Waals surface area contributed by atoms with Gasteiger partial charge in [-0.25, -0.2) is 0 Å². The molecule has 1 heterocycles. The van der Waals surface area contributed by atoms with E-state index < -0.39 is 0 Å². The molecule has 0 spiro atoms. The molecule has 1 aliphatic heterocycles. The standard InChI is InChI=1S/C10H19N3/c1-7(11)4-8-2-3-10-9(5-8)6-12-13-10/h6-10,13H,2-5,11H2,1H3. The van der Waals surface area contributed by atoms with Crippen molar-refractivity contribution in [3.8, 4) is 0 Å². The molecular formula is C10H19N3. The maximum absolute atomic E-state index is 5.81. The van der Waals surface area contributed by atoms with Crippen LogP contribution in [0, 0.1) is 11.8 Å². The number of hydrazone groups is 1. The zero-order valence-electron chi connectivity index (χ0n) is 8.24. The summed E-state index contributed by atoms with van der Waals surface area (Å²) in [6.45, 7) is 2.10. The summed E-state index contributed by atoms with van der Waals surface area (Å²) in [5.41, 5.74) is 8.98. The Balaban J connectivity index is 1.86. The largest absolute Gasteiger partial charge is 0.328 e. The van der Waals surface area contributed by atoms with Crippen LogP contribution in [0.25, 0.3) is 0 Å². The van der Waals surface area contributed by atoms with Crippen LogP contribution in [0.15, 0.2) is 5.10 Å². The van der Waals surface area contributed by atoms with Crippen molar-refractivity contribution in [1.82, 2.24) is 5.43 Å². The number of nitrogens with zero attached hydrogens (tertiary/aromatic N) is 1. The van der Waals surface area contributed by atoms with Gasteiger partial charge in [0.1, 0.15) is 0 Å². The van der Waals surface area contributed by atoms with E-state index in [-0.39, 0.29) is 0 Å². The first-order valence-electron chi connectivity index (χ1n) is 5.30. The molecular weight excluding hydrogens is 162 g/mol. The fraction of sp³-hybridized carbons (Fsp3) is 0.900. The molecule has 4 atom stereocenters. The van der Waals surface area contributed by atoms with Crippen LogP contribution in [0.4, 0.5) is 0 Å². The molecule has 13 heavy (non-hydrogen) atoms. The van der Waals surface area contributed by atoms with E-state index in [2.05, 4.69) is 23.7 Å². The van der Waals surface area contributed by atoms with Gasteiger partial charge in [0.2, 0.25) is 0 Å². The molecule has 1 aliphatic carbocycles. The summed E-state index contributed by atoms with van der Waals surface area (Å²) in [4.78, 5) is 0. The van der Waals surface area contributed by atoms with Crippen molar-refractivity contribution in [3.05, 3.63) is 0 Å². The Bertz CT molecular complexity index is 200. The van der Waals surface area contributed by atoms with E-state index in [1.807, 2.05) is 0 Å². The predicted molar refractivity (Wildman–Crippen MR) is 54.5 cm³/mol. The normalized spacial score (nSPS) is 39.7. The molecule has 1 saturated carbocycles. The third kappa shape index (κ3) is 2.02. The molecule has 0 aromatic carbocycles. The fourth-order valence-electron chi connectivity index (χ4n) is 2.60. The highest BCUT2D eigenvalue weighted by atomic mass is 15.3. The van der Waals surface area contributed by atoms with Crippen molar-refractivity contribution in [2.45, 2.75) is 44.7 Å². The quantitative estimate of drug-likeness (QED) is 0.670. The van der Waals surface area contributed by atoms with Crippen LogP contribution in [-0.2, 0) is 0 Å². The smallest absolute Gasteiger partial charge is 0.0518 e. The number of nitrogens with two attached hydrogens (primary N) is 1. The molecule has 2 aliphatic rings. The number of nitrogens with one attached hydrogen (secondary N) is 1. The average Bonchev–Trinajstić information content (AvgIpc) is 2.49. The topological polar surface area (TPSA) is 50.4 Å². The highest BCUT2D eigenvalue weighted by Crippen LogP contribution is 2.32. The van der Waals surface area contributed by atoms with E-state index >= 15 is 0 Å². The summed E-state index contributed by atoms with van der Waals surface area (Å²) in [5, 5.41) is 4.14. The zero-order chi connectivity index (χ0) is 9.26. The molecule has 74 valence electrons. The van der Waals surface area contributed by atoms with E-state index in [0.29, 0.717) is 18.0 Å². The van der Waals surface area contributed by atoms with Gasteiger partial charge in [-0.1, -0.05) is 0 Å². The summed E-state index contributed by atoms with van der Waals surface area (Å²) < 4.78 is 0. The Morgan fingerprint density at radius 1 is 1.62 bits per heavy atom. The Labute approximate surface area is 79.8 Å². The van der Waals surface area contributed by atoms with Gasteiger partial charge in [-0.15, -0.1) is 0 Å². The van der Waals surface area contributed by atoms with Crippen LogP contribution < -0.4 is 11.2 Å². The fourth-order valence-corrected chi connectivity index (χ4v) is 2.60. The Morgan fingerprint density at radius 3 is 3.23 bits per heavy atom. The van der Waals surface area contributed by atoms with Crippen molar-refractivity contribution in [2.75, 3.05) is 0 Å². The van der Waals surface area contributed by atoms with E-state index in [9.17, 15) is 0 Å². The highest BCUT2D eigenvalue weighted by Gasteiger charge is 2.31. The van der Waals surface area contributed by atoms with Crippen molar-refractivity contribution < 1.29 is 0 Å². The molecule has 0 radical (unpaired) electrons. The molecule has 0 aromatic rings. The second kappa shape index (κ2) is 3.66. The molecule has 3 heteroatoms. The Morgan fingerprint density at radius 2 is 2.46 bits per heavy atom. The minimum absolute atomic E-state index is 0.354. The first-order valence-corrected chi connectivity index (χ1v) is 5.30. The molecule has 4 unspecified atom stereocenters. The maximum atomic E-state index is 5.81. The zero-order valence-corrected chi connectivity index (χ0v) is 8.24. The molecule has 3 N–H and O–H groups in total. The summed E-state index contributed by atoms with van der Waals surface area (Å²) in [6, 6.07) is 0.984. The first kappa shape index (κ1) is 9.00. The SMILES string of the molecule is CC(N)CC1CCC2NN=CC2C1. The second-order valence-electron chi connectivity index (χ2n) is 4.57. The average molecular weight is 181 g/mol. The number of hydrogen-bond acceptors (Lipinski definition) is 3. The van der Waals surface area contributed by atoms with Gasteiger partial charge in [-0.2, -0.15) is 5.10 Å². The lowest BCUT2D eigenvalue weighted by Crippen LogP contribution is -2.35. The van der Waals surface area contributed by atoms with Crippen LogP contribution in [0.3, 0.4) is 0 Å². The summed E-state index contributed by atoms with van der Waals surface area (Å²) in [7, 11) is 0. The lowest BCUT2D eigenvalue weighted by Gasteiger charge is -2.31. The van der Waals surface area contributed by atoms with Crippen LogP contribution in [0.5, 0.6) is 0 Å². The summed E-state index contributed by atoms with van der Waals surface area (Å²) >= 11 is 0. The predicted octanol–water partition coefficient (Wildman–Crippen LogP) is 1.10. The second-order valence-corrected chi connectivity index (χ2v) is 4.57. The number of fused-ring (bicyclic) bond motifs is 1. The monoisotopic (exact) mass is 181 g/mol. The third-order valence-corrected chi connectivity index (χ3v) is 3.22. The first-order chi connectivity index (χ1) is 6.25. The van der Waals surface area contributed by atoms with Crippen LogP contribution in [0.1, 0.15) is 32.6 Å². The van der Waals surface area contributed by atoms with Crippen molar-refractivity contribution >= 4 is 6.21 Å². The van der Waals surface area contributed by atoms with Gasteiger partial charge in [-0.05, 0) is 38.5 Å². The maximum Gasteiger partial charge on any atom is 0.0518 e. The lowest BCUT2D eigenvalue weighted by molar-refractivity contribution is 0.252. The van der Waals surface area contributed by atoms with Crippen LogP contribution in [-0.4, -0.2) is 18.3 Å². The number of rotatable bonds is 2. The molecule has 3 nitrogen and oxygen atoms in total. The minimum atomic E-state index is 0.354. The Kier molecular flexibility index (Phi) is 2.54. The molecule has 2 rings (SSSR count). The van der Waals surface area contributed by atoms with Gasteiger partial charge in [0.25, 0.3) is 0 Å². The highest BCUT2D eigenvalue weighted by molar-refractivity contribution is 5.63. The molecule has 0 bridgehead atoms. The van der Waals surface area contributed by atoms with Crippen LogP contribution in [0.2, 0.25) is 0 Å². The minimum Gasteiger partial charge on any atom is -0.328 e. The van der Waals surface area contributed by atoms with E-state index in [0.717, 1.165) is 5.92 Å². The Hall–Kier alpha value is -0.570. The number of hydrogen-bond donors (Lipinski definition) is 2. The summed E-state index contributed by atoms with van der Waals surface area (Å²) in [6.07, 6.45) is 7.12. The van der Waals surface area contributed by atoms with Crippen molar-refractivity contribution in [2.24, 2.45) is 22.7 Å². The van der Waals surface area contributed by atoms with Crippen molar-refractivity contribution in [1.29, 1.82) is 0 Å². The van der Waals surface area contributed by atoms with Gasteiger partial charge < -0.3 is 11.2 Å². The molecule has 0 aromatic heterocycles. The van der Waals surface area contributed by atoms with Gasteiger partial charge >= 0.3 is 0 Å². The van der Waals surface area contributed by atoms with Gasteiger partial charge in [0.05, 0.1) is 6.04 Å². The molecule has 0 amide bonds. The molecule has 0 saturated heterocycles. The third-order valence-electron chi connectivity index (χ3n) is 3.22. The van der Waals surface area contributed by atoms with Gasteiger partial charge in [0, 0.05) is 18.2 Å². The van der Waals surface area contributed by atoms with E-state index in [4.69, 9.17) is 5.73 Å². The molecule has 1 fully saturated rings.